The Morgan fingerprint density at radius 1 is 1.17 bits per heavy atom. The van der Waals surface area contributed by atoms with E-state index in [-0.39, 0.29) is 5.41 Å². The minimum Gasteiger partial charge on any atom is -0.330 e. The first-order valence-corrected chi connectivity index (χ1v) is 6.42. The fraction of sp³-hybridized carbons (Fsp3) is 0.267. The van der Waals surface area contributed by atoms with Gasteiger partial charge in [0.25, 0.3) is 0 Å². The van der Waals surface area contributed by atoms with Gasteiger partial charge in [0.05, 0.1) is 5.69 Å². The highest BCUT2D eigenvalue weighted by atomic mass is 35.5. The van der Waals surface area contributed by atoms with Gasteiger partial charge >= 0.3 is 0 Å². The van der Waals surface area contributed by atoms with Crippen LogP contribution < -0.4 is 5.73 Å². The highest BCUT2D eigenvalue weighted by Gasteiger charge is 2.29. The smallest absolute Gasteiger partial charge is 0.0506 e. The summed E-state index contributed by atoms with van der Waals surface area (Å²) >= 11 is 5.94. The third kappa shape index (κ3) is 2.55. The van der Waals surface area contributed by atoms with Crippen LogP contribution in [0, 0.1) is 0 Å². The van der Waals surface area contributed by atoms with E-state index in [9.17, 15) is 0 Å². The van der Waals surface area contributed by atoms with Crippen LogP contribution >= 0.6 is 11.6 Å². The molecule has 2 rings (SSSR count). The molecule has 1 atom stereocenters. The van der Waals surface area contributed by atoms with E-state index in [4.69, 9.17) is 17.3 Å². The second-order valence-corrected chi connectivity index (χ2v) is 5.03. The Hall–Kier alpha value is -1.38. The van der Waals surface area contributed by atoms with Crippen molar-refractivity contribution in [1.29, 1.82) is 0 Å². The first-order valence-electron chi connectivity index (χ1n) is 6.04. The lowest BCUT2D eigenvalue weighted by atomic mass is 9.76. The van der Waals surface area contributed by atoms with E-state index in [2.05, 4.69) is 11.9 Å². The second-order valence-electron chi connectivity index (χ2n) is 4.59. The maximum absolute atomic E-state index is 5.94. The van der Waals surface area contributed by atoms with Gasteiger partial charge in [0, 0.05) is 16.6 Å². The van der Waals surface area contributed by atoms with Crippen LogP contribution in [-0.4, -0.2) is 11.5 Å². The Morgan fingerprint density at radius 3 is 2.44 bits per heavy atom. The Kier molecular flexibility index (Phi) is 4.00. The van der Waals surface area contributed by atoms with Crippen LogP contribution in [0.4, 0.5) is 0 Å². The first kappa shape index (κ1) is 13.1. The summed E-state index contributed by atoms with van der Waals surface area (Å²) in [5, 5.41) is 0.745. The average Bonchev–Trinajstić information content (AvgIpc) is 2.40. The molecular weight excluding hydrogens is 244 g/mol. The second kappa shape index (κ2) is 5.51. The predicted molar refractivity (Wildman–Crippen MR) is 75.8 cm³/mol. The normalized spacial score (nSPS) is 14.2. The maximum Gasteiger partial charge on any atom is 0.0506 e. The van der Waals surface area contributed by atoms with E-state index >= 15 is 0 Å². The van der Waals surface area contributed by atoms with Gasteiger partial charge in [-0.15, -0.1) is 0 Å². The summed E-state index contributed by atoms with van der Waals surface area (Å²) in [6.45, 7) is 2.79. The Bertz CT molecular complexity index is 496. The summed E-state index contributed by atoms with van der Waals surface area (Å²) in [4.78, 5) is 4.48. The molecule has 3 heteroatoms. The predicted octanol–water partition coefficient (Wildman–Crippen LogP) is 3.39. The molecular formula is C15H17ClN2. The van der Waals surface area contributed by atoms with Crippen molar-refractivity contribution in [3.05, 3.63) is 64.9 Å². The molecule has 1 aromatic heterocycles. The van der Waals surface area contributed by atoms with Gasteiger partial charge in [-0.05, 0) is 49.7 Å². The van der Waals surface area contributed by atoms with Crippen molar-refractivity contribution in [2.45, 2.75) is 18.8 Å². The quantitative estimate of drug-likeness (QED) is 0.915. The standard InChI is InChI=1S/C15H17ClN2/c1-15(9-10-17,14-4-2-3-11-18-14)12-5-7-13(16)8-6-12/h2-8,11H,9-10,17H2,1H3/t15-/m0/s1. The number of aromatic nitrogens is 1. The van der Waals surface area contributed by atoms with Crippen molar-refractivity contribution < 1.29 is 0 Å². The van der Waals surface area contributed by atoms with E-state index in [1.807, 2.05) is 48.7 Å². The van der Waals surface area contributed by atoms with E-state index in [1.54, 1.807) is 0 Å². The minimum absolute atomic E-state index is 0.166. The van der Waals surface area contributed by atoms with Gasteiger partial charge in [0.15, 0.2) is 0 Å². The van der Waals surface area contributed by atoms with Gasteiger partial charge in [0.1, 0.15) is 0 Å². The largest absolute Gasteiger partial charge is 0.330 e. The molecule has 1 heterocycles. The molecule has 0 spiro atoms. The molecule has 0 amide bonds. The number of rotatable bonds is 4. The number of pyridine rings is 1. The van der Waals surface area contributed by atoms with E-state index in [1.165, 1.54) is 5.56 Å². The van der Waals surface area contributed by atoms with E-state index < -0.39 is 0 Å². The molecule has 0 bridgehead atoms. The molecule has 0 unspecified atom stereocenters. The average molecular weight is 261 g/mol. The third-order valence-corrected chi connectivity index (χ3v) is 3.61. The Labute approximate surface area is 113 Å². The van der Waals surface area contributed by atoms with Crippen LogP contribution in [0.5, 0.6) is 0 Å². The van der Waals surface area contributed by atoms with Gasteiger partial charge in [-0.2, -0.15) is 0 Å². The van der Waals surface area contributed by atoms with Gasteiger partial charge < -0.3 is 5.73 Å². The first-order chi connectivity index (χ1) is 8.66. The van der Waals surface area contributed by atoms with Crippen LogP contribution in [-0.2, 0) is 5.41 Å². The monoisotopic (exact) mass is 260 g/mol. The number of nitrogens with two attached hydrogens (primary N) is 1. The molecule has 94 valence electrons. The topological polar surface area (TPSA) is 38.9 Å². The van der Waals surface area contributed by atoms with Crippen LogP contribution in [0.3, 0.4) is 0 Å². The van der Waals surface area contributed by atoms with Crippen molar-refractivity contribution in [1.82, 2.24) is 4.98 Å². The number of hydrogen-bond acceptors (Lipinski definition) is 2. The lowest BCUT2D eigenvalue weighted by molar-refractivity contribution is 0.512. The molecule has 0 saturated carbocycles. The molecule has 0 saturated heterocycles. The summed E-state index contributed by atoms with van der Waals surface area (Å²) in [5.74, 6) is 0. The summed E-state index contributed by atoms with van der Waals surface area (Å²) in [6.07, 6.45) is 2.67. The van der Waals surface area contributed by atoms with Crippen LogP contribution in [0.25, 0.3) is 0 Å². The Balaban J connectivity index is 2.47. The zero-order chi connectivity index (χ0) is 13.0. The van der Waals surface area contributed by atoms with E-state index in [0.29, 0.717) is 6.54 Å². The molecule has 0 fully saturated rings. The minimum atomic E-state index is -0.166. The summed E-state index contributed by atoms with van der Waals surface area (Å²) in [5.41, 5.74) is 7.83. The van der Waals surface area contributed by atoms with Crippen molar-refractivity contribution >= 4 is 11.6 Å². The molecule has 2 aromatic rings. The van der Waals surface area contributed by atoms with Crippen LogP contribution in [0.15, 0.2) is 48.7 Å². The van der Waals surface area contributed by atoms with Crippen LogP contribution in [0.1, 0.15) is 24.6 Å². The van der Waals surface area contributed by atoms with Crippen molar-refractivity contribution in [2.75, 3.05) is 6.54 Å². The van der Waals surface area contributed by atoms with Crippen molar-refractivity contribution in [3.63, 3.8) is 0 Å². The summed E-state index contributed by atoms with van der Waals surface area (Å²) < 4.78 is 0. The lowest BCUT2D eigenvalue weighted by Gasteiger charge is -2.29. The molecule has 0 radical (unpaired) electrons. The summed E-state index contributed by atoms with van der Waals surface area (Å²) in [6, 6.07) is 13.9. The zero-order valence-corrected chi connectivity index (χ0v) is 11.2. The number of halogens is 1. The van der Waals surface area contributed by atoms with E-state index in [0.717, 1.165) is 17.1 Å². The van der Waals surface area contributed by atoms with Crippen molar-refractivity contribution in [3.8, 4) is 0 Å². The fourth-order valence-corrected chi connectivity index (χ4v) is 2.34. The third-order valence-electron chi connectivity index (χ3n) is 3.36. The summed E-state index contributed by atoms with van der Waals surface area (Å²) in [7, 11) is 0. The molecule has 2 N–H and O–H groups in total. The SMILES string of the molecule is C[C@](CCN)(c1ccc(Cl)cc1)c1ccccn1. The lowest BCUT2D eigenvalue weighted by Crippen LogP contribution is -2.28. The molecule has 1 aromatic carbocycles. The van der Waals surface area contributed by atoms with Crippen LogP contribution in [0.2, 0.25) is 5.02 Å². The molecule has 2 nitrogen and oxygen atoms in total. The zero-order valence-electron chi connectivity index (χ0n) is 10.4. The Morgan fingerprint density at radius 2 is 1.89 bits per heavy atom. The molecule has 0 aliphatic carbocycles. The molecule has 0 aliphatic heterocycles. The van der Waals surface area contributed by atoms with Gasteiger partial charge in [0.2, 0.25) is 0 Å². The maximum atomic E-state index is 5.94. The number of benzene rings is 1. The molecule has 0 aliphatic rings. The number of hydrogen-bond donors (Lipinski definition) is 1. The van der Waals surface area contributed by atoms with Gasteiger partial charge in [-0.3, -0.25) is 4.98 Å². The fourth-order valence-electron chi connectivity index (χ4n) is 2.22. The van der Waals surface area contributed by atoms with Crippen molar-refractivity contribution in [2.24, 2.45) is 5.73 Å². The number of nitrogens with zero attached hydrogens (tertiary/aromatic N) is 1. The van der Waals surface area contributed by atoms with Gasteiger partial charge in [-0.25, -0.2) is 0 Å². The highest BCUT2D eigenvalue weighted by molar-refractivity contribution is 6.30. The van der Waals surface area contributed by atoms with Gasteiger partial charge in [-0.1, -0.05) is 29.8 Å². The highest BCUT2D eigenvalue weighted by Crippen LogP contribution is 2.34. The molecule has 18 heavy (non-hydrogen) atoms.